The second kappa shape index (κ2) is 14.7. The summed E-state index contributed by atoms with van der Waals surface area (Å²) >= 11 is 0. The van der Waals surface area contributed by atoms with Crippen molar-refractivity contribution in [3.63, 3.8) is 0 Å². The van der Waals surface area contributed by atoms with Crippen LogP contribution in [0.2, 0.25) is 0 Å². The van der Waals surface area contributed by atoms with Crippen molar-refractivity contribution in [2.45, 2.75) is 13.8 Å². The Labute approximate surface area is 362 Å². The fourth-order valence-electron chi connectivity index (χ4n) is 9.31. The summed E-state index contributed by atoms with van der Waals surface area (Å²) in [6.07, 6.45) is 0. The van der Waals surface area contributed by atoms with Gasteiger partial charge in [0.1, 0.15) is 22.3 Å². The van der Waals surface area contributed by atoms with Crippen LogP contribution < -0.4 is 0 Å². The molecule has 0 aliphatic rings. The molecule has 0 bridgehead atoms. The van der Waals surface area contributed by atoms with E-state index in [0.717, 1.165) is 110 Å². The average molecular weight is 811 g/mol. The first-order valence-electron chi connectivity index (χ1n) is 21.4. The van der Waals surface area contributed by atoms with Crippen molar-refractivity contribution in [1.82, 2.24) is 19.5 Å². The number of benzene rings is 9. The van der Waals surface area contributed by atoms with E-state index in [4.69, 9.17) is 23.8 Å². The molecule has 0 saturated carbocycles. The Kier molecular flexibility index (Phi) is 8.50. The number of para-hydroxylation sites is 4. The zero-order chi connectivity index (χ0) is 42.0. The predicted molar refractivity (Wildman–Crippen MR) is 259 cm³/mol. The largest absolute Gasteiger partial charge is 0.456 e. The third-order valence-corrected chi connectivity index (χ3v) is 12.1. The van der Waals surface area contributed by atoms with Gasteiger partial charge in [-0.3, -0.25) is 4.57 Å². The highest BCUT2D eigenvalue weighted by Gasteiger charge is 2.22. The summed E-state index contributed by atoms with van der Waals surface area (Å²) in [7, 11) is 0. The van der Waals surface area contributed by atoms with Crippen LogP contribution in [0.1, 0.15) is 13.8 Å². The summed E-state index contributed by atoms with van der Waals surface area (Å²) in [5.74, 6) is 1.68. The lowest BCUT2D eigenvalue weighted by Gasteiger charge is -2.15. The molecule has 13 aromatic rings. The quantitative estimate of drug-likeness (QED) is 0.173. The first kappa shape index (κ1) is 36.5. The third kappa shape index (κ3) is 5.83. The summed E-state index contributed by atoms with van der Waals surface area (Å²) in [5, 5.41) is 8.91. The van der Waals surface area contributed by atoms with Crippen LogP contribution in [-0.2, 0) is 0 Å². The summed E-state index contributed by atoms with van der Waals surface area (Å²) < 4.78 is 14.9. The highest BCUT2D eigenvalue weighted by atomic mass is 16.3. The molecule has 0 unspecified atom stereocenters. The van der Waals surface area contributed by atoms with Gasteiger partial charge in [-0.25, -0.2) is 4.98 Å². The van der Waals surface area contributed by atoms with Crippen LogP contribution in [0.3, 0.4) is 0 Å². The van der Waals surface area contributed by atoms with Gasteiger partial charge in [0.05, 0.1) is 11.0 Å². The minimum absolute atomic E-state index is 0.535. The van der Waals surface area contributed by atoms with Crippen molar-refractivity contribution in [3.05, 3.63) is 194 Å². The summed E-state index contributed by atoms with van der Waals surface area (Å²) in [6, 6.07) is 67.5. The molecule has 0 aliphatic heterocycles. The van der Waals surface area contributed by atoms with E-state index in [-0.39, 0.29) is 0 Å². The smallest absolute Gasteiger partial charge is 0.238 e. The lowest BCUT2D eigenvalue weighted by molar-refractivity contribution is 0.668. The molecule has 0 aliphatic carbocycles. The zero-order valence-corrected chi connectivity index (χ0v) is 34.6. The molecule has 0 spiro atoms. The van der Waals surface area contributed by atoms with Crippen LogP contribution in [0.4, 0.5) is 0 Å². The van der Waals surface area contributed by atoms with Crippen molar-refractivity contribution in [2.24, 2.45) is 0 Å². The second-order valence-electron chi connectivity index (χ2n) is 15.5. The molecule has 6 heteroatoms. The SMILES string of the molecule is CC.c1ccc(-c2nc(-c3ccc4c(c3)oc3ccccc34)nc(-n3c4ccccc4c4cccc(-c5cccc6c(-c7ccc8c(c7)oc7ccccc78)cccc56)c43)n2)cc1. The fraction of sp³-hybridized carbons (Fsp3) is 0.0351. The number of furan rings is 2. The second-order valence-corrected chi connectivity index (χ2v) is 15.5. The maximum atomic E-state index is 6.33. The van der Waals surface area contributed by atoms with E-state index in [1.165, 1.54) is 0 Å². The topological polar surface area (TPSA) is 69.9 Å². The number of aromatic nitrogens is 4. The maximum Gasteiger partial charge on any atom is 0.238 e. The molecular weight excluding hydrogens is 773 g/mol. The average Bonchev–Trinajstić information content (AvgIpc) is 4.03. The Bertz CT molecular complexity index is 3900. The highest BCUT2D eigenvalue weighted by molar-refractivity contribution is 6.17. The highest BCUT2D eigenvalue weighted by Crippen LogP contribution is 2.43. The number of nitrogens with zero attached hydrogens (tertiary/aromatic N) is 4. The van der Waals surface area contributed by atoms with Crippen LogP contribution >= 0.6 is 0 Å². The van der Waals surface area contributed by atoms with Crippen LogP contribution in [0.25, 0.3) is 127 Å². The molecule has 0 amide bonds. The molecule has 6 nitrogen and oxygen atoms in total. The van der Waals surface area contributed by atoms with Gasteiger partial charge in [0, 0.05) is 49.0 Å². The Morgan fingerprint density at radius 2 is 0.825 bits per heavy atom. The minimum atomic E-state index is 0.535. The normalized spacial score (nSPS) is 11.7. The molecule has 0 atom stereocenters. The van der Waals surface area contributed by atoms with Crippen molar-refractivity contribution in [1.29, 1.82) is 0 Å². The first-order valence-corrected chi connectivity index (χ1v) is 21.4. The van der Waals surface area contributed by atoms with Crippen LogP contribution in [-0.4, -0.2) is 19.5 Å². The minimum Gasteiger partial charge on any atom is -0.456 e. The molecule has 0 N–H and O–H groups in total. The molecule has 298 valence electrons. The van der Waals surface area contributed by atoms with E-state index in [1.807, 2.05) is 80.6 Å². The van der Waals surface area contributed by atoms with Crippen LogP contribution in [0, 0.1) is 0 Å². The van der Waals surface area contributed by atoms with E-state index < -0.39 is 0 Å². The molecule has 63 heavy (non-hydrogen) atoms. The number of hydrogen-bond acceptors (Lipinski definition) is 5. The van der Waals surface area contributed by atoms with E-state index in [1.54, 1.807) is 0 Å². The van der Waals surface area contributed by atoms with Gasteiger partial charge in [0.25, 0.3) is 0 Å². The summed E-state index contributed by atoms with van der Waals surface area (Å²) in [4.78, 5) is 15.7. The fourth-order valence-corrected chi connectivity index (χ4v) is 9.31. The van der Waals surface area contributed by atoms with Crippen molar-refractivity contribution in [3.8, 4) is 51.0 Å². The molecule has 0 radical (unpaired) electrons. The Hall–Kier alpha value is -8.35. The Morgan fingerprint density at radius 3 is 1.52 bits per heavy atom. The molecule has 4 aromatic heterocycles. The Morgan fingerprint density at radius 1 is 0.333 bits per heavy atom. The van der Waals surface area contributed by atoms with E-state index >= 15 is 0 Å². The number of fused-ring (bicyclic) bond motifs is 10. The standard InChI is InChI=1S/C55H32N4O2.C2H6/c1-2-13-33(14-3-1)53-56-54(35-28-30-44-42-17-6-9-26-49(42)61-51(44)32-35)58-55(57-53)59-47-24-7-4-15-40(47)46-23-12-22-45(52(46)59)39-21-11-19-37-36(18-10-20-38(37)39)34-27-29-43-41-16-5-8-25-48(41)60-50(43)31-34;1-2/h1-32H;1-2H3. The van der Waals surface area contributed by atoms with Crippen molar-refractivity contribution in [2.75, 3.05) is 0 Å². The van der Waals surface area contributed by atoms with Crippen molar-refractivity contribution < 1.29 is 8.83 Å². The zero-order valence-electron chi connectivity index (χ0n) is 34.6. The third-order valence-electron chi connectivity index (χ3n) is 12.1. The van der Waals surface area contributed by atoms with Gasteiger partial charge in [-0.15, -0.1) is 0 Å². The van der Waals surface area contributed by atoms with Gasteiger partial charge in [-0.1, -0.05) is 166 Å². The van der Waals surface area contributed by atoms with Crippen molar-refractivity contribution >= 4 is 76.5 Å². The monoisotopic (exact) mass is 810 g/mol. The molecule has 9 aromatic carbocycles. The van der Waals surface area contributed by atoms with Gasteiger partial charge >= 0.3 is 0 Å². The number of hydrogen-bond donors (Lipinski definition) is 0. The van der Waals surface area contributed by atoms with E-state index in [2.05, 4.69) is 132 Å². The van der Waals surface area contributed by atoms with E-state index in [0.29, 0.717) is 17.6 Å². The molecule has 4 heterocycles. The van der Waals surface area contributed by atoms with Gasteiger partial charge in [0.15, 0.2) is 11.6 Å². The van der Waals surface area contributed by atoms with Gasteiger partial charge in [0.2, 0.25) is 5.95 Å². The van der Waals surface area contributed by atoms with Crippen LogP contribution in [0.5, 0.6) is 0 Å². The van der Waals surface area contributed by atoms with Gasteiger partial charge < -0.3 is 8.83 Å². The van der Waals surface area contributed by atoms with Gasteiger partial charge in [-0.2, -0.15) is 9.97 Å². The molecule has 0 fully saturated rings. The maximum absolute atomic E-state index is 6.33. The molecule has 13 rings (SSSR count). The van der Waals surface area contributed by atoms with Crippen LogP contribution in [0.15, 0.2) is 203 Å². The Balaban J connectivity index is 0.00000208. The number of rotatable bonds is 5. The summed E-state index contributed by atoms with van der Waals surface area (Å²) in [5.41, 5.74) is 11.6. The molecular formula is C57H38N4O2. The summed E-state index contributed by atoms with van der Waals surface area (Å²) in [6.45, 7) is 4.00. The first-order chi connectivity index (χ1) is 31.2. The lowest BCUT2D eigenvalue weighted by Crippen LogP contribution is -2.07. The lowest BCUT2D eigenvalue weighted by atomic mass is 9.92. The predicted octanol–water partition coefficient (Wildman–Crippen LogP) is 15.6. The van der Waals surface area contributed by atoms with E-state index in [9.17, 15) is 0 Å². The molecule has 0 saturated heterocycles. The van der Waals surface area contributed by atoms with Gasteiger partial charge in [-0.05, 0) is 69.9 Å².